The molecule has 0 fully saturated rings. The molecule has 5 heteroatoms. The van der Waals surface area contributed by atoms with Crippen LogP contribution in [0.15, 0.2) is 38.6 Å². The number of hydrogen-bond donors (Lipinski definition) is 1. The fraction of sp³-hybridized carbons (Fsp3) is 0.231. The molecule has 0 radical (unpaired) electrons. The Bertz CT molecular complexity index is 491. The summed E-state index contributed by atoms with van der Waals surface area (Å²) in [5.74, 6) is 0.837. The molecule has 0 saturated heterocycles. The van der Waals surface area contributed by atoms with E-state index >= 15 is 0 Å². The number of ether oxygens (including phenoxy) is 1. The minimum Gasteiger partial charge on any atom is -0.491 e. The summed E-state index contributed by atoms with van der Waals surface area (Å²) in [7, 11) is 0. The smallest absolute Gasteiger partial charge is 0.147 e. The van der Waals surface area contributed by atoms with Crippen LogP contribution in [0.5, 0.6) is 5.75 Å². The molecule has 0 aliphatic heterocycles. The molecule has 0 saturated carbocycles. The molecule has 0 aliphatic rings. The molecule has 0 bridgehead atoms. The maximum atomic E-state index is 5.81. The number of rotatable bonds is 5. The van der Waals surface area contributed by atoms with E-state index in [2.05, 4.69) is 49.4 Å². The van der Waals surface area contributed by atoms with Gasteiger partial charge in [0.1, 0.15) is 5.75 Å². The van der Waals surface area contributed by atoms with Gasteiger partial charge in [-0.15, -0.1) is 11.3 Å². The fourth-order valence-electron chi connectivity index (χ4n) is 1.58. The average Bonchev–Trinajstić information content (AvgIpc) is 2.85. The SMILES string of the molecule is NCc1cc(Br)c(OCCc2cccs2)c(Br)c1. The number of benzene rings is 1. The monoisotopic (exact) mass is 389 g/mol. The summed E-state index contributed by atoms with van der Waals surface area (Å²) < 4.78 is 7.68. The lowest BCUT2D eigenvalue weighted by atomic mass is 10.2. The molecular formula is C13H13Br2NOS. The molecule has 1 aromatic heterocycles. The van der Waals surface area contributed by atoms with Crippen molar-refractivity contribution in [2.24, 2.45) is 5.73 Å². The third-order valence-electron chi connectivity index (χ3n) is 2.47. The molecule has 0 unspecified atom stereocenters. The summed E-state index contributed by atoms with van der Waals surface area (Å²) in [5.41, 5.74) is 6.69. The highest BCUT2D eigenvalue weighted by Crippen LogP contribution is 2.34. The van der Waals surface area contributed by atoms with Crippen LogP contribution in [0, 0.1) is 0 Å². The van der Waals surface area contributed by atoms with Gasteiger partial charge in [-0.1, -0.05) is 6.07 Å². The molecule has 18 heavy (non-hydrogen) atoms. The molecule has 0 spiro atoms. The Morgan fingerprint density at radius 1 is 1.22 bits per heavy atom. The average molecular weight is 391 g/mol. The van der Waals surface area contributed by atoms with Crippen LogP contribution in [0.4, 0.5) is 0 Å². The summed E-state index contributed by atoms with van der Waals surface area (Å²) in [6.07, 6.45) is 0.926. The van der Waals surface area contributed by atoms with E-state index in [9.17, 15) is 0 Å². The third-order valence-corrected chi connectivity index (χ3v) is 4.58. The first-order valence-corrected chi connectivity index (χ1v) is 8.00. The summed E-state index contributed by atoms with van der Waals surface area (Å²) in [5, 5.41) is 2.08. The van der Waals surface area contributed by atoms with Crippen molar-refractivity contribution in [3.05, 3.63) is 49.0 Å². The highest BCUT2D eigenvalue weighted by molar-refractivity contribution is 9.11. The molecule has 1 heterocycles. The first kappa shape index (κ1) is 14.1. The summed E-state index contributed by atoms with van der Waals surface area (Å²) in [6, 6.07) is 8.16. The minimum atomic E-state index is 0.521. The van der Waals surface area contributed by atoms with Crippen molar-refractivity contribution in [3.63, 3.8) is 0 Å². The van der Waals surface area contributed by atoms with Crippen molar-refractivity contribution in [1.29, 1.82) is 0 Å². The number of hydrogen-bond acceptors (Lipinski definition) is 3. The molecule has 2 rings (SSSR count). The van der Waals surface area contributed by atoms with Gasteiger partial charge in [-0.25, -0.2) is 0 Å². The Kier molecular flexibility index (Phi) is 5.24. The van der Waals surface area contributed by atoms with Gasteiger partial charge in [-0.05, 0) is 61.0 Å². The number of halogens is 2. The van der Waals surface area contributed by atoms with E-state index in [1.807, 2.05) is 12.1 Å². The van der Waals surface area contributed by atoms with Gasteiger partial charge < -0.3 is 10.5 Å². The Morgan fingerprint density at radius 2 is 1.94 bits per heavy atom. The third kappa shape index (κ3) is 3.57. The second-order valence-corrected chi connectivity index (χ2v) is 6.51. The van der Waals surface area contributed by atoms with Crippen molar-refractivity contribution in [3.8, 4) is 5.75 Å². The van der Waals surface area contributed by atoms with Crippen LogP contribution in [-0.2, 0) is 13.0 Å². The number of thiophene rings is 1. The molecule has 0 aliphatic carbocycles. The molecule has 2 aromatic rings. The van der Waals surface area contributed by atoms with Crippen LogP contribution in [0.25, 0.3) is 0 Å². The minimum absolute atomic E-state index is 0.521. The van der Waals surface area contributed by atoms with Crippen LogP contribution in [0.1, 0.15) is 10.4 Å². The molecule has 2 N–H and O–H groups in total. The fourth-order valence-corrected chi connectivity index (χ4v) is 3.78. The zero-order valence-corrected chi connectivity index (χ0v) is 13.6. The molecular weight excluding hydrogens is 378 g/mol. The maximum Gasteiger partial charge on any atom is 0.147 e. The molecule has 0 amide bonds. The second-order valence-electron chi connectivity index (χ2n) is 3.77. The Hall–Kier alpha value is -0.360. The summed E-state index contributed by atoms with van der Waals surface area (Å²) in [4.78, 5) is 1.33. The zero-order chi connectivity index (χ0) is 13.0. The van der Waals surface area contributed by atoms with Gasteiger partial charge in [0.15, 0.2) is 0 Å². The van der Waals surface area contributed by atoms with E-state index in [1.54, 1.807) is 11.3 Å². The van der Waals surface area contributed by atoms with Crippen LogP contribution < -0.4 is 10.5 Å². The molecule has 1 aromatic carbocycles. The Balaban J connectivity index is 2.01. The van der Waals surface area contributed by atoms with Gasteiger partial charge >= 0.3 is 0 Å². The van der Waals surface area contributed by atoms with Gasteiger partial charge in [0.2, 0.25) is 0 Å². The molecule has 0 atom stereocenters. The zero-order valence-electron chi connectivity index (χ0n) is 9.66. The largest absolute Gasteiger partial charge is 0.491 e. The van der Waals surface area contributed by atoms with Gasteiger partial charge in [-0.3, -0.25) is 0 Å². The highest BCUT2D eigenvalue weighted by atomic mass is 79.9. The van der Waals surface area contributed by atoms with Crippen molar-refractivity contribution >= 4 is 43.2 Å². The van der Waals surface area contributed by atoms with E-state index in [4.69, 9.17) is 10.5 Å². The molecule has 2 nitrogen and oxygen atoms in total. The lowest BCUT2D eigenvalue weighted by molar-refractivity contribution is 0.319. The standard InChI is InChI=1S/C13H13Br2NOS/c14-11-6-9(8-16)7-12(15)13(11)17-4-3-10-2-1-5-18-10/h1-2,5-7H,3-4,8,16H2. The van der Waals surface area contributed by atoms with Crippen molar-refractivity contribution in [1.82, 2.24) is 0 Å². The Morgan fingerprint density at radius 3 is 2.50 bits per heavy atom. The van der Waals surface area contributed by atoms with Crippen LogP contribution >= 0.6 is 43.2 Å². The van der Waals surface area contributed by atoms with Gasteiger partial charge in [0.25, 0.3) is 0 Å². The maximum absolute atomic E-state index is 5.81. The quantitative estimate of drug-likeness (QED) is 0.823. The predicted octanol–water partition coefficient (Wildman–Crippen LogP) is 4.35. The van der Waals surface area contributed by atoms with Crippen molar-refractivity contribution in [2.75, 3.05) is 6.61 Å². The van der Waals surface area contributed by atoms with Gasteiger partial charge in [0.05, 0.1) is 15.6 Å². The van der Waals surface area contributed by atoms with Crippen molar-refractivity contribution in [2.45, 2.75) is 13.0 Å². The Labute approximate surface area is 127 Å². The van der Waals surface area contributed by atoms with E-state index in [0.717, 1.165) is 26.7 Å². The number of nitrogens with two attached hydrogens (primary N) is 1. The topological polar surface area (TPSA) is 35.2 Å². The van der Waals surface area contributed by atoms with E-state index in [-0.39, 0.29) is 0 Å². The van der Waals surface area contributed by atoms with Crippen molar-refractivity contribution < 1.29 is 4.74 Å². The lowest BCUT2D eigenvalue weighted by Crippen LogP contribution is -2.03. The summed E-state index contributed by atoms with van der Waals surface area (Å²) >= 11 is 8.77. The first-order valence-electron chi connectivity index (χ1n) is 5.54. The van der Waals surface area contributed by atoms with E-state index < -0.39 is 0 Å². The van der Waals surface area contributed by atoms with Crippen LogP contribution in [-0.4, -0.2) is 6.61 Å². The highest BCUT2D eigenvalue weighted by Gasteiger charge is 2.08. The first-order chi connectivity index (χ1) is 8.70. The van der Waals surface area contributed by atoms with Gasteiger partial charge in [0, 0.05) is 17.8 Å². The van der Waals surface area contributed by atoms with Crippen LogP contribution in [0.3, 0.4) is 0 Å². The van der Waals surface area contributed by atoms with E-state index in [0.29, 0.717) is 13.2 Å². The predicted molar refractivity (Wildman–Crippen MR) is 83.3 cm³/mol. The molecule has 96 valence electrons. The van der Waals surface area contributed by atoms with E-state index in [1.165, 1.54) is 4.88 Å². The second kappa shape index (κ2) is 6.70. The summed E-state index contributed by atoms with van der Waals surface area (Å²) in [6.45, 7) is 1.19. The normalized spacial score (nSPS) is 10.6. The van der Waals surface area contributed by atoms with Gasteiger partial charge in [-0.2, -0.15) is 0 Å². The lowest BCUT2D eigenvalue weighted by Gasteiger charge is -2.11. The van der Waals surface area contributed by atoms with Crippen LogP contribution in [0.2, 0.25) is 0 Å².